The van der Waals surface area contributed by atoms with Gasteiger partial charge in [0, 0.05) is 18.3 Å². The average molecular weight is 341 g/mol. The number of hydrogen-bond acceptors (Lipinski definition) is 4. The van der Waals surface area contributed by atoms with Gasteiger partial charge in [0.1, 0.15) is 0 Å². The zero-order valence-corrected chi connectivity index (χ0v) is 13.4. The maximum absolute atomic E-state index is 12.3. The Morgan fingerprint density at radius 2 is 2.00 bits per heavy atom. The first-order valence-electron chi connectivity index (χ1n) is 7.17. The first kappa shape index (κ1) is 17.2. The van der Waals surface area contributed by atoms with Crippen molar-refractivity contribution in [2.45, 2.75) is 37.1 Å². The number of nitrogens with one attached hydrogen (secondary N) is 3. The van der Waals surface area contributed by atoms with E-state index in [4.69, 9.17) is 5.11 Å². The van der Waals surface area contributed by atoms with Gasteiger partial charge in [-0.3, -0.25) is 4.79 Å². The minimum absolute atomic E-state index is 0.00432. The van der Waals surface area contributed by atoms with Crippen molar-refractivity contribution in [2.75, 3.05) is 11.9 Å². The van der Waals surface area contributed by atoms with Gasteiger partial charge < -0.3 is 15.7 Å². The molecule has 1 aromatic rings. The summed E-state index contributed by atoms with van der Waals surface area (Å²) in [7, 11) is -3.61. The van der Waals surface area contributed by atoms with Crippen LogP contribution in [0.25, 0.3) is 0 Å². The maximum atomic E-state index is 12.3. The third-order valence-corrected chi connectivity index (χ3v) is 4.92. The van der Waals surface area contributed by atoms with Crippen molar-refractivity contribution in [3.05, 3.63) is 23.8 Å². The molecule has 9 heteroatoms. The van der Waals surface area contributed by atoms with Gasteiger partial charge in [-0.15, -0.1) is 0 Å². The Labute approximate surface area is 134 Å². The molecule has 1 aromatic carbocycles. The number of amides is 2. The van der Waals surface area contributed by atoms with Crippen LogP contribution in [0, 0.1) is 6.92 Å². The quantitative estimate of drug-likeness (QED) is 0.589. The lowest BCUT2D eigenvalue weighted by Crippen LogP contribution is -2.31. The Morgan fingerprint density at radius 1 is 1.30 bits per heavy atom. The fourth-order valence-electron chi connectivity index (χ4n) is 1.91. The fraction of sp³-hybridized carbons (Fsp3) is 0.429. The molecular formula is C14H19N3O5S. The highest BCUT2D eigenvalue weighted by molar-refractivity contribution is 7.89. The normalized spacial score (nSPS) is 14.3. The van der Waals surface area contributed by atoms with Gasteiger partial charge >= 0.3 is 12.0 Å². The van der Waals surface area contributed by atoms with Crippen LogP contribution in [0.4, 0.5) is 10.5 Å². The van der Waals surface area contributed by atoms with Crippen molar-refractivity contribution in [3.8, 4) is 0 Å². The standard InChI is InChI=1S/C14H19N3O5S/c1-9-2-3-11(16-14(20)15-7-6-13(18)19)8-12(9)23(21,22)17-10-4-5-10/h2-3,8,10,17H,4-7H2,1H3,(H,18,19)(H2,15,16,20). The molecule has 1 aliphatic carbocycles. The van der Waals surface area contributed by atoms with Gasteiger partial charge in [-0.05, 0) is 37.5 Å². The summed E-state index contributed by atoms with van der Waals surface area (Å²) < 4.78 is 27.2. The van der Waals surface area contributed by atoms with Crippen LogP contribution in [0.2, 0.25) is 0 Å². The summed E-state index contributed by atoms with van der Waals surface area (Å²) in [5.41, 5.74) is 0.898. The molecule has 23 heavy (non-hydrogen) atoms. The predicted molar refractivity (Wildman–Crippen MR) is 83.8 cm³/mol. The van der Waals surface area contributed by atoms with E-state index < -0.39 is 22.0 Å². The average Bonchev–Trinajstić information content (AvgIpc) is 3.23. The van der Waals surface area contributed by atoms with Crippen LogP contribution in [0.5, 0.6) is 0 Å². The van der Waals surface area contributed by atoms with Crippen molar-refractivity contribution in [1.29, 1.82) is 0 Å². The summed E-state index contributed by atoms with van der Waals surface area (Å²) in [6.07, 6.45) is 1.48. The van der Waals surface area contributed by atoms with Gasteiger partial charge in [0.05, 0.1) is 11.3 Å². The Kier molecular flexibility index (Phi) is 5.22. The van der Waals surface area contributed by atoms with Crippen LogP contribution >= 0.6 is 0 Å². The molecular weight excluding hydrogens is 322 g/mol. The number of aryl methyl sites for hydroxylation is 1. The molecule has 1 saturated carbocycles. The van der Waals surface area contributed by atoms with Gasteiger partial charge in [0.15, 0.2) is 0 Å². The topological polar surface area (TPSA) is 125 Å². The van der Waals surface area contributed by atoms with Crippen molar-refractivity contribution in [3.63, 3.8) is 0 Å². The Hall–Kier alpha value is -2.13. The number of carbonyl (C=O) groups excluding carboxylic acids is 1. The minimum atomic E-state index is -3.61. The Bertz CT molecular complexity index is 713. The van der Waals surface area contributed by atoms with Crippen LogP contribution < -0.4 is 15.4 Å². The molecule has 0 unspecified atom stereocenters. The van der Waals surface area contributed by atoms with E-state index >= 15 is 0 Å². The van der Waals surface area contributed by atoms with E-state index in [9.17, 15) is 18.0 Å². The summed E-state index contributed by atoms with van der Waals surface area (Å²) in [6, 6.07) is 3.98. The number of rotatable bonds is 7. The number of hydrogen-bond donors (Lipinski definition) is 4. The number of aliphatic carboxylic acids is 1. The highest BCUT2D eigenvalue weighted by atomic mass is 32.2. The highest BCUT2D eigenvalue weighted by Gasteiger charge is 2.29. The van der Waals surface area contributed by atoms with Crippen molar-refractivity contribution < 1.29 is 23.1 Å². The zero-order valence-electron chi connectivity index (χ0n) is 12.6. The lowest BCUT2D eigenvalue weighted by atomic mass is 10.2. The highest BCUT2D eigenvalue weighted by Crippen LogP contribution is 2.25. The number of urea groups is 1. The zero-order chi connectivity index (χ0) is 17.0. The second kappa shape index (κ2) is 6.97. The summed E-state index contributed by atoms with van der Waals surface area (Å²) in [5, 5.41) is 13.4. The third-order valence-electron chi connectivity index (χ3n) is 3.26. The smallest absolute Gasteiger partial charge is 0.319 e. The molecule has 0 aliphatic heterocycles. The SMILES string of the molecule is Cc1ccc(NC(=O)NCCC(=O)O)cc1S(=O)(=O)NC1CC1. The van der Waals surface area contributed by atoms with E-state index in [1.165, 1.54) is 6.07 Å². The van der Waals surface area contributed by atoms with E-state index in [1.807, 2.05) is 0 Å². The van der Waals surface area contributed by atoms with Gasteiger partial charge in [0.25, 0.3) is 0 Å². The van der Waals surface area contributed by atoms with Gasteiger partial charge in [-0.1, -0.05) is 6.07 Å². The van der Waals surface area contributed by atoms with E-state index in [0.717, 1.165) is 12.8 Å². The fourth-order valence-corrected chi connectivity index (χ4v) is 3.49. The first-order valence-corrected chi connectivity index (χ1v) is 8.66. The predicted octanol–water partition coefficient (Wildman–Crippen LogP) is 1.03. The molecule has 8 nitrogen and oxygen atoms in total. The molecule has 0 atom stereocenters. The number of carboxylic acids is 1. The summed E-state index contributed by atoms with van der Waals surface area (Å²) in [6.45, 7) is 1.67. The van der Waals surface area contributed by atoms with E-state index in [-0.39, 0.29) is 23.9 Å². The van der Waals surface area contributed by atoms with Crippen LogP contribution in [-0.4, -0.2) is 38.1 Å². The molecule has 2 amide bonds. The van der Waals surface area contributed by atoms with Crippen LogP contribution in [0.3, 0.4) is 0 Å². The van der Waals surface area contributed by atoms with Crippen LogP contribution in [-0.2, 0) is 14.8 Å². The summed E-state index contributed by atoms with van der Waals surface area (Å²) >= 11 is 0. The molecule has 0 aromatic heterocycles. The summed E-state index contributed by atoms with van der Waals surface area (Å²) in [5.74, 6) is -1.01. The maximum Gasteiger partial charge on any atom is 0.319 e. The van der Waals surface area contributed by atoms with E-state index in [0.29, 0.717) is 11.3 Å². The molecule has 126 valence electrons. The Morgan fingerprint density at radius 3 is 2.61 bits per heavy atom. The molecule has 0 spiro atoms. The van der Waals surface area contributed by atoms with Crippen molar-refractivity contribution >= 4 is 27.7 Å². The number of anilines is 1. The number of sulfonamides is 1. The van der Waals surface area contributed by atoms with Gasteiger partial charge in [-0.25, -0.2) is 17.9 Å². The molecule has 2 rings (SSSR count). The Balaban J connectivity index is 2.04. The molecule has 0 heterocycles. The lowest BCUT2D eigenvalue weighted by molar-refractivity contribution is -0.136. The van der Waals surface area contributed by atoms with Crippen molar-refractivity contribution in [2.24, 2.45) is 0 Å². The summed E-state index contributed by atoms with van der Waals surface area (Å²) in [4.78, 5) is 22.1. The number of carboxylic acid groups (broad SMARTS) is 1. The minimum Gasteiger partial charge on any atom is -0.481 e. The number of benzene rings is 1. The van der Waals surface area contributed by atoms with Crippen LogP contribution in [0.15, 0.2) is 23.1 Å². The second-order valence-electron chi connectivity index (χ2n) is 5.40. The molecule has 1 aliphatic rings. The molecule has 0 bridgehead atoms. The van der Waals surface area contributed by atoms with E-state index in [1.54, 1.807) is 19.1 Å². The molecule has 0 saturated heterocycles. The lowest BCUT2D eigenvalue weighted by Gasteiger charge is -2.12. The second-order valence-corrected chi connectivity index (χ2v) is 7.08. The number of carbonyl (C=O) groups is 2. The van der Waals surface area contributed by atoms with Crippen molar-refractivity contribution in [1.82, 2.24) is 10.0 Å². The molecule has 0 radical (unpaired) electrons. The molecule has 4 N–H and O–H groups in total. The largest absolute Gasteiger partial charge is 0.481 e. The molecule has 1 fully saturated rings. The van der Waals surface area contributed by atoms with Gasteiger partial charge in [-0.2, -0.15) is 0 Å². The van der Waals surface area contributed by atoms with Crippen LogP contribution in [0.1, 0.15) is 24.8 Å². The van der Waals surface area contributed by atoms with E-state index in [2.05, 4.69) is 15.4 Å². The third kappa shape index (κ3) is 5.22. The first-order chi connectivity index (χ1) is 10.8. The monoisotopic (exact) mass is 341 g/mol. The van der Waals surface area contributed by atoms with Gasteiger partial charge in [0.2, 0.25) is 10.0 Å².